The van der Waals surface area contributed by atoms with Crippen molar-refractivity contribution in [2.75, 3.05) is 0 Å². The van der Waals surface area contributed by atoms with Gasteiger partial charge in [0.15, 0.2) is 30.3 Å². The second kappa shape index (κ2) is 9.11. The number of nitrogens with two attached hydrogens (primary N) is 1. The van der Waals surface area contributed by atoms with Crippen LogP contribution in [-0.4, -0.2) is 39.8 Å². The molecular weight excluding hydrogens is 387 g/mol. The Morgan fingerprint density at radius 2 is 1.20 bits per heavy atom. The van der Waals surface area contributed by atoms with E-state index in [-0.39, 0.29) is 0 Å². The summed E-state index contributed by atoms with van der Waals surface area (Å²) < 4.78 is 25.0. The summed E-state index contributed by atoms with van der Waals surface area (Å²) in [6.07, 6.45) is 2.63. The molecule has 148 valence electrons. The molecule has 0 unspecified atom stereocenters. The van der Waals surface area contributed by atoms with Gasteiger partial charge in [0, 0.05) is 0 Å². The van der Waals surface area contributed by atoms with Gasteiger partial charge in [-0.05, 0) is 71.4 Å². The highest BCUT2D eigenvalue weighted by Crippen LogP contribution is 2.32. The van der Waals surface area contributed by atoms with Crippen LogP contribution < -0.4 is 5.73 Å². The fourth-order valence-corrected chi connectivity index (χ4v) is 15.2. The van der Waals surface area contributed by atoms with Gasteiger partial charge in [0.1, 0.15) is 0 Å². The first-order chi connectivity index (χ1) is 11.0. The Morgan fingerprint density at radius 3 is 1.44 bits per heavy atom. The van der Waals surface area contributed by atoms with Crippen molar-refractivity contribution >= 4 is 39.8 Å². The second-order valence-electron chi connectivity index (χ2n) is 8.98. The highest BCUT2D eigenvalue weighted by Gasteiger charge is 2.55. The molecule has 0 rings (SSSR count). The average Bonchev–Trinajstić information content (AvgIpc) is 2.26. The highest BCUT2D eigenvalue weighted by atomic mass is 28.5. The molecule has 0 aromatic heterocycles. The van der Waals surface area contributed by atoms with Gasteiger partial charge in [-0.1, -0.05) is 13.3 Å². The van der Waals surface area contributed by atoms with Crippen molar-refractivity contribution < 1.29 is 21.9 Å². The quantitative estimate of drug-likeness (QED) is 0.403. The highest BCUT2D eigenvalue weighted by molar-refractivity contribution is 6.92. The lowest BCUT2D eigenvalue weighted by molar-refractivity contribution is 0.172. The number of carbonyl (C=O) groups excluding carboxylic acids is 1. The van der Waals surface area contributed by atoms with Gasteiger partial charge in [0.25, 0.3) is 0 Å². The average molecular weight is 424 g/mol. The Labute approximate surface area is 157 Å². The van der Waals surface area contributed by atoms with Crippen molar-refractivity contribution in [2.45, 2.75) is 78.7 Å². The summed E-state index contributed by atoms with van der Waals surface area (Å²) in [7, 11) is -9.59. The number of rotatable bonds is 10. The lowest BCUT2D eigenvalue weighted by Gasteiger charge is -2.42. The normalized spacial score (nSPS) is 14.6. The summed E-state index contributed by atoms with van der Waals surface area (Å²) in [5.41, 5.74) is 5.34. The van der Waals surface area contributed by atoms with E-state index < -0.39 is 39.8 Å². The molecule has 0 atom stereocenters. The van der Waals surface area contributed by atoms with Gasteiger partial charge in [0.2, 0.25) is 0 Å². The van der Waals surface area contributed by atoms with Gasteiger partial charge in [-0.15, -0.1) is 0 Å². The molecule has 0 aromatic rings. The number of allylic oxidation sites excluding steroid dienone is 1. The topological polar surface area (TPSA) is 80.0 Å². The molecule has 1 amide bonds. The molecule has 0 aliphatic rings. The first kappa shape index (κ1) is 24.8. The molecular formula is C15H37NO5Si4. The van der Waals surface area contributed by atoms with Gasteiger partial charge in [-0.25, -0.2) is 4.79 Å². The Hall–Kier alpha value is -0.242. The van der Waals surface area contributed by atoms with E-state index in [9.17, 15) is 4.79 Å². The van der Waals surface area contributed by atoms with E-state index in [1.807, 2.05) is 6.08 Å². The first-order valence-corrected chi connectivity index (χ1v) is 20.7. The monoisotopic (exact) mass is 423 g/mol. The smallest absolute Gasteiger partial charge is 0.412 e. The molecule has 0 radical (unpaired) electrons. The third-order valence-electron chi connectivity index (χ3n) is 2.45. The molecule has 10 heteroatoms. The summed E-state index contributed by atoms with van der Waals surface area (Å²) in [6, 6.07) is 0. The van der Waals surface area contributed by atoms with Crippen LogP contribution in [0.5, 0.6) is 0 Å². The Morgan fingerprint density at radius 1 is 0.840 bits per heavy atom. The van der Waals surface area contributed by atoms with E-state index in [2.05, 4.69) is 65.8 Å². The maximum absolute atomic E-state index is 11.6. The van der Waals surface area contributed by atoms with E-state index in [1.54, 1.807) is 0 Å². The molecule has 0 aliphatic heterocycles. The summed E-state index contributed by atoms with van der Waals surface area (Å²) in [6.45, 7) is 20.8. The van der Waals surface area contributed by atoms with E-state index in [0.29, 0.717) is 5.38 Å². The minimum absolute atomic E-state index is 0.356. The maximum atomic E-state index is 11.6. The van der Waals surface area contributed by atoms with Crippen LogP contribution in [-0.2, 0) is 17.1 Å². The van der Waals surface area contributed by atoms with Crippen LogP contribution in [0.15, 0.2) is 11.5 Å². The number of amides is 1. The van der Waals surface area contributed by atoms with Gasteiger partial charge in [-0.3, -0.25) is 0 Å². The molecule has 6 nitrogen and oxygen atoms in total. The SMILES string of the molecule is CCC/C=C(\OC(N)=O)[Si](O[Si](C)(C)C)(O[Si](C)(C)C)O[Si](C)(C)C. The van der Waals surface area contributed by atoms with Gasteiger partial charge >= 0.3 is 14.9 Å². The number of carbonyl (C=O) groups is 1. The molecule has 2 N–H and O–H groups in total. The minimum Gasteiger partial charge on any atom is -0.412 e. The standard InChI is InChI=1S/C15H37NO5Si4/c1-11-12-13-14(18-15(16)17)25(19-22(2,3)4,20-23(5,6)7)21-24(8,9)10/h13H,11-12H2,1-10H3,(H2,16,17)/b14-13+. The predicted molar refractivity (Wildman–Crippen MR) is 113 cm³/mol. The molecule has 0 fully saturated rings. The lowest BCUT2D eigenvalue weighted by Crippen LogP contribution is -2.62. The molecule has 0 bridgehead atoms. The maximum Gasteiger partial charge on any atom is 0.542 e. The molecule has 0 aromatic carbocycles. The van der Waals surface area contributed by atoms with Crippen molar-refractivity contribution in [2.24, 2.45) is 5.73 Å². The van der Waals surface area contributed by atoms with Gasteiger partial charge in [0.05, 0.1) is 0 Å². The minimum atomic E-state index is -3.41. The van der Waals surface area contributed by atoms with Crippen LogP contribution in [0.2, 0.25) is 58.9 Å². The number of hydrogen-bond donors (Lipinski definition) is 1. The number of primary amides is 1. The summed E-state index contributed by atoms with van der Waals surface area (Å²) in [5.74, 6) is 0. The molecule has 0 aliphatic carbocycles. The molecule has 0 heterocycles. The lowest BCUT2D eigenvalue weighted by atomic mass is 10.3. The Kier molecular flexibility index (Phi) is 9.02. The second-order valence-corrected chi connectivity index (χ2v) is 25.7. The molecule has 0 saturated carbocycles. The van der Waals surface area contributed by atoms with E-state index in [4.69, 9.17) is 22.8 Å². The Balaban J connectivity index is 6.36. The number of hydrogen-bond acceptors (Lipinski definition) is 5. The summed E-state index contributed by atoms with van der Waals surface area (Å²) >= 11 is 0. The van der Waals surface area contributed by atoms with Crippen molar-refractivity contribution in [1.82, 2.24) is 0 Å². The zero-order valence-corrected chi connectivity index (χ0v) is 21.6. The van der Waals surface area contributed by atoms with Gasteiger partial charge in [-0.2, -0.15) is 0 Å². The zero-order valence-electron chi connectivity index (χ0n) is 17.6. The predicted octanol–water partition coefficient (Wildman–Crippen LogP) is 4.80. The summed E-state index contributed by atoms with van der Waals surface area (Å²) in [5, 5.41) is 0.356. The first-order valence-electron chi connectivity index (χ1n) is 8.78. The van der Waals surface area contributed by atoms with Crippen molar-refractivity contribution in [3.05, 3.63) is 11.5 Å². The van der Waals surface area contributed by atoms with Crippen LogP contribution in [0.1, 0.15) is 19.8 Å². The van der Waals surface area contributed by atoms with E-state index in [0.717, 1.165) is 12.8 Å². The zero-order chi connectivity index (χ0) is 20.1. The van der Waals surface area contributed by atoms with Crippen molar-refractivity contribution in [3.63, 3.8) is 0 Å². The Bertz CT molecular complexity index is 437. The fraction of sp³-hybridized carbons (Fsp3) is 0.800. The van der Waals surface area contributed by atoms with Crippen molar-refractivity contribution in [3.8, 4) is 0 Å². The molecule has 25 heavy (non-hydrogen) atoms. The molecule has 0 spiro atoms. The van der Waals surface area contributed by atoms with Gasteiger partial charge < -0.3 is 22.8 Å². The summed E-state index contributed by atoms with van der Waals surface area (Å²) in [4.78, 5) is 11.6. The van der Waals surface area contributed by atoms with Crippen LogP contribution in [0, 0.1) is 0 Å². The van der Waals surface area contributed by atoms with Crippen LogP contribution in [0.3, 0.4) is 0 Å². The van der Waals surface area contributed by atoms with Crippen LogP contribution >= 0.6 is 0 Å². The number of unbranched alkanes of at least 4 members (excludes halogenated alkanes) is 1. The van der Waals surface area contributed by atoms with E-state index >= 15 is 0 Å². The largest absolute Gasteiger partial charge is 0.542 e. The number of ether oxygens (including phenoxy) is 1. The van der Waals surface area contributed by atoms with Crippen molar-refractivity contribution in [1.29, 1.82) is 0 Å². The third kappa shape index (κ3) is 11.2. The third-order valence-corrected chi connectivity index (χ3v) is 13.9. The molecule has 0 saturated heterocycles. The van der Waals surface area contributed by atoms with Crippen LogP contribution in [0.4, 0.5) is 4.79 Å². The van der Waals surface area contributed by atoms with Crippen LogP contribution in [0.25, 0.3) is 0 Å². The van der Waals surface area contributed by atoms with E-state index in [1.165, 1.54) is 0 Å². The fourth-order valence-electron chi connectivity index (χ4n) is 2.04.